The number of rotatable bonds is 3. The first kappa shape index (κ1) is 27.0. The first-order valence-electron chi connectivity index (χ1n) is 16.4. The third-order valence-electron chi connectivity index (χ3n) is 10.1. The Morgan fingerprint density at radius 3 is 1.92 bits per heavy atom. The number of aromatic nitrogens is 3. The third kappa shape index (κ3) is 3.93. The lowest BCUT2D eigenvalue weighted by Crippen LogP contribution is -2.14. The molecule has 48 heavy (non-hydrogen) atoms. The molecule has 0 saturated heterocycles. The number of fused-ring (bicyclic) bond motifs is 10. The fraction of sp³-hybridized carbons (Fsp3) is 0.0682. The van der Waals surface area contributed by atoms with E-state index < -0.39 is 0 Å². The molecule has 0 spiro atoms. The summed E-state index contributed by atoms with van der Waals surface area (Å²) >= 11 is 0. The zero-order valence-electron chi connectivity index (χ0n) is 26.5. The van der Waals surface area contributed by atoms with Crippen LogP contribution in [-0.4, -0.2) is 15.0 Å². The Balaban J connectivity index is 1.21. The molecule has 2 heterocycles. The second-order valence-electron chi connectivity index (χ2n) is 13.2. The van der Waals surface area contributed by atoms with Gasteiger partial charge in [-0.25, -0.2) is 15.0 Å². The van der Waals surface area contributed by atoms with Gasteiger partial charge in [-0.05, 0) is 62.7 Å². The van der Waals surface area contributed by atoms with Crippen molar-refractivity contribution in [3.8, 4) is 45.3 Å². The average Bonchev–Trinajstić information content (AvgIpc) is 3.63. The SMILES string of the molecule is CC1(C)c2ccccc2-c2cc(-c3nc(-c4ccccc4)nc(-c4ccc5ccc6ccc7oc8ccccc8c7c6c5c4)n3)ccc21. The van der Waals surface area contributed by atoms with Crippen molar-refractivity contribution in [2.45, 2.75) is 19.3 Å². The molecule has 1 aliphatic rings. The molecule has 0 fully saturated rings. The highest BCUT2D eigenvalue weighted by atomic mass is 16.3. The summed E-state index contributed by atoms with van der Waals surface area (Å²) < 4.78 is 6.29. The molecule has 0 aliphatic heterocycles. The highest BCUT2D eigenvalue weighted by molar-refractivity contribution is 6.26. The van der Waals surface area contributed by atoms with Crippen molar-refractivity contribution >= 4 is 43.5 Å². The van der Waals surface area contributed by atoms with Gasteiger partial charge in [0.15, 0.2) is 17.5 Å². The summed E-state index contributed by atoms with van der Waals surface area (Å²) in [4.78, 5) is 15.3. The van der Waals surface area contributed by atoms with Crippen molar-refractivity contribution in [3.05, 3.63) is 151 Å². The summed E-state index contributed by atoms with van der Waals surface area (Å²) in [7, 11) is 0. The molecule has 0 unspecified atom stereocenters. The van der Waals surface area contributed by atoms with Gasteiger partial charge in [-0.3, -0.25) is 0 Å². The number of para-hydroxylation sites is 1. The van der Waals surface area contributed by atoms with E-state index in [1.54, 1.807) is 0 Å². The van der Waals surface area contributed by atoms with Gasteiger partial charge in [-0.1, -0.05) is 129 Å². The number of hydrogen-bond acceptors (Lipinski definition) is 4. The van der Waals surface area contributed by atoms with Crippen LogP contribution in [0.4, 0.5) is 0 Å². The zero-order chi connectivity index (χ0) is 32.0. The normalized spacial score (nSPS) is 13.4. The monoisotopic (exact) mass is 615 g/mol. The number of hydrogen-bond donors (Lipinski definition) is 0. The molecule has 4 heteroatoms. The minimum atomic E-state index is -0.0660. The molecular weight excluding hydrogens is 587 g/mol. The van der Waals surface area contributed by atoms with E-state index in [-0.39, 0.29) is 5.41 Å². The van der Waals surface area contributed by atoms with Crippen LogP contribution in [0.1, 0.15) is 25.0 Å². The summed E-state index contributed by atoms with van der Waals surface area (Å²) in [5.41, 5.74) is 9.76. The van der Waals surface area contributed by atoms with E-state index >= 15 is 0 Å². The van der Waals surface area contributed by atoms with E-state index in [9.17, 15) is 0 Å². The van der Waals surface area contributed by atoms with Crippen LogP contribution >= 0.6 is 0 Å². The van der Waals surface area contributed by atoms with Crippen LogP contribution in [0.3, 0.4) is 0 Å². The minimum Gasteiger partial charge on any atom is -0.456 e. The van der Waals surface area contributed by atoms with Crippen molar-refractivity contribution in [2.24, 2.45) is 0 Å². The number of benzene rings is 7. The van der Waals surface area contributed by atoms with E-state index in [4.69, 9.17) is 19.4 Å². The van der Waals surface area contributed by atoms with Crippen LogP contribution in [0.5, 0.6) is 0 Å². The first-order chi connectivity index (χ1) is 23.5. The molecule has 0 amide bonds. The molecule has 226 valence electrons. The Labute approximate surface area is 277 Å². The van der Waals surface area contributed by atoms with Crippen molar-refractivity contribution in [1.29, 1.82) is 0 Å². The average molecular weight is 616 g/mol. The van der Waals surface area contributed by atoms with Crippen molar-refractivity contribution in [3.63, 3.8) is 0 Å². The summed E-state index contributed by atoms with van der Waals surface area (Å²) in [5.74, 6) is 1.95. The van der Waals surface area contributed by atoms with Crippen LogP contribution in [-0.2, 0) is 5.41 Å². The van der Waals surface area contributed by atoms with E-state index in [0.717, 1.165) is 49.4 Å². The third-order valence-corrected chi connectivity index (χ3v) is 10.1. The Bertz CT molecular complexity index is 2760. The number of furan rings is 1. The second kappa shape index (κ2) is 9.93. The first-order valence-corrected chi connectivity index (χ1v) is 16.4. The zero-order valence-corrected chi connectivity index (χ0v) is 26.5. The van der Waals surface area contributed by atoms with Crippen molar-refractivity contribution in [1.82, 2.24) is 15.0 Å². The highest BCUT2D eigenvalue weighted by Crippen LogP contribution is 2.49. The van der Waals surface area contributed by atoms with Crippen LogP contribution < -0.4 is 0 Å². The van der Waals surface area contributed by atoms with Gasteiger partial charge in [0.25, 0.3) is 0 Å². The molecule has 0 atom stereocenters. The Hall–Kier alpha value is -6.13. The summed E-state index contributed by atoms with van der Waals surface area (Å²) in [5, 5.41) is 6.89. The van der Waals surface area contributed by atoms with Gasteiger partial charge in [-0.2, -0.15) is 0 Å². The van der Waals surface area contributed by atoms with Gasteiger partial charge in [0.1, 0.15) is 11.2 Å². The molecule has 4 nitrogen and oxygen atoms in total. The fourth-order valence-electron chi connectivity index (χ4n) is 7.71. The lowest BCUT2D eigenvalue weighted by molar-refractivity contribution is 0.660. The quantitative estimate of drug-likeness (QED) is 0.186. The topological polar surface area (TPSA) is 51.8 Å². The molecular formula is C44H29N3O. The minimum absolute atomic E-state index is 0.0660. The maximum atomic E-state index is 6.29. The second-order valence-corrected chi connectivity index (χ2v) is 13.2. The Morgan fingerprint density at radius 1 is 0.438 bits per heavy atom. The molecule has 0 N–H and O–H groups in total. The van der Waals surface area contributed by atoms with Gasteiger partial charge in [0.2, 0.25) is 0 Å². The van der Waals surface area contributed by atoms with E-state index in [0.29, 0.717) is 17.5 Å². The predicted octanol–water partition coefficient (Wildman–Crippen LogP) is 11.4. The molecule has 9 aromatic rings. The Kier molecular flexibility index (Phi) is 5.59. The van der Waals surface area contributed by atoms with Gasteiger partial charge >= 0.3 is 0 Å². The van der Waals surface area contributed by atoms with E-state index in [2.05, 4.69) is 123 Å². The van der Waals surface area contributed by atoms with Gasteiger partial charge < -0.3 is 4.42 Å². The fourth-order valence-corrected chi connectivity index (χ4v) is 7.71. The molecule has 0 radical (unpaired) electrons. The van der Waals surface area contributed by atoms with Crippen LogP contribution in [0.25, 0.3) is 88.8 Å². The number of nitrogens with zero attached hydrogens (tertiary/aromatic N) is 3. The molecule has 10 rings (SSSR count). The summed E-state index contributed by atoms with van der Waals surface area (Å²) in [6.07, 6.45) is 0. The summed E-state index contributed by atoms with van der Waals surface area (Å²) in [6.45, 7) is 4.60. The predicted molar refractivity (Wildman–Crippen MR) is 196 cm³/mol. The van der Waals surface area contributed by atoms with Crippen LogP contribution in [0.2, 0.25) is 0 Å². The van der Waals surface area contributed by atoms with Crippen molar-refractivity contribution in [2.75, 3.05) is 0 Å². The van der Waals surface area contributed by atoms with E-state index in [1.165, 1.54) is 33.0 Å². The Morgan fingerprint density at radius 2 is 1.06 bits per heavy atom. The van der Waals surface area contributed by atoms with Crippen molar-refractivity contribution < 1.29 is 4.42 Å². The van der Waals surface area contributed by atoms with Gasteiger partial charge in [0.05, 0.1) is 0 Å². The molecule has 1 aliphatic carbocycles. The van der Waals surface area contributed by atoms with Gasteiger partial charge in [-0.15, -0.1) is 0 Å². The largest absolute Gasteiger partial charge is 0.456 e. The van der Waals surface area contributed by atoms with Crippen LogP contribution in [0.15, 0.2) is 144 Å². The standard InChI is InChI=1S/C44H29N3O/c1-44(2)35-14-8-6-12-31(35)34-25-30(20-22-36(34)44)43-46-41(28-10-4-3-5-11-28)45-42(47-43)29-19-17-26-16-18-27-21-23-38-40(39(27)33(26)24-29)32-13-7-9-15-37(32)48-38/h3-25H,1-2H3. The maximum Gasteiger partial charge on any atom is 0.164 e. The molecule has 7 aromatic carbocycles. The van der Waals surface area contributed by atoms with E-state index in [1.807, 2.05) is 30.3 Å². The highest BCUT2D eigenvalue weighted by Gasteiger charge is 2.35. The molecule has 0 saturated carbocycles. The van der Waals surface area contributed by atoms with Gasteiger partial charge in [0, 0.05) is 38.3 Å². The van der Waals surface area contributed by atoms with Crippen LogP contribution in [0, 0.1) is 0 Å². The smallest absolute Gasteiger partial charge is 0.164 e. The lowest BCUT2D eigenvalue weighted by atomic mass is 9.82. The summed E-state index contributed by atoms with van der Waals surface area (Å²) in [6, 6.07) is 49.0. The maximum absolute atomic E-state index is 6.29. The molecule has 2 aromatic heterocycles. The molecule has 0 bridgehead atoms. The lowest BCUT2D eigenvalue weighted by Gasteiger charge is -2.21.